The fourth-order valence-electron chi connectivity index (χ4n) is 1.84. The van der Waals surface area contributed by atoms with Crippen LogP contribution in [0.5, 0.6) is 0 Å². The summed E-state index contributed by atoms with van der Waals surface area (Å²) in [4.78, 5) is 11.3. The molecule has 0 aliphatic carbocycles. The Kier molecular flexibility index (Phi) is 9.01. The first-order valence-electron chi connectivity index (χ1n) is 6.78. The summed E-state index contributed by atoms with van der Waals surface area (Å²) in [6, 6.07) is 6.98. The SMILES string of the molecule is COCCOCCOCCC(C(=O)O)c1ccccc1Cl. The van der Waals surface area contributed by atoms with Gasteiger partial charge in [-0.2, -0.15) is 0 Å². The van der Waals surface area contributed by atoms with E-state index in [1.165, 1.54) is 0 Å². The highest BCUT2D eigenvalue weighted by molar-refractivity contribution is 6.31. The second-order valence-electron chi connectivity index (χ2n) is 4.42. The van der Waals surface area contributed by atoms with E-state index in [9.17, 15) is 9.90 Å². The minimum Gasteiger partial charge on any atom is -0.481 e. The second-order valence-corrected chi connectivity index (χ2v) is 4.83. The van der Waals surface area contributed by atoms with Crippen molar-refractivity contribution < 1.29 is 24.1 Å². The molecule has 1 atom stereocenters. The number of hydrogen-bond acceptors (Lipinski definition) is 4. The van der Waals surface area contributed by atoms with Crippen molar-refractivity contribution in [3.05, 3.63) is 34.9 Å². The zero-order chi connectivity index (χ0) is 15.5. The Labute approximate surface area is 129 Å². The third-order valence-electron chi connectivity index (χ3n) is 2.93. The summed E-state index contributed by atoms with van der Waals surface area (Å²) in [7, 11) is 1.61. The molecule has 118 valence electrons. The van der Waals surface area contributed by atoms with Crippen molar-refractivity contribution in [3.8, 4) is 0 Å². The molecule has 0 aromatic heterocycles. The molecular formula is C15H21ClO5. The number of rotatable bonds is 11. The zero-order valence-corrected chi connectivity index (χ0v) is 12.8. The van der Waals surface area contributed by atoms with Crippen LogP contribution in [0.3, 0.4) is 0 Å². The summed E-state index contributed by atoms with van der Waals surface area (Å²) in [5, 5.41) is 9.76. The standard InChI is InChI=1S/C15H21ClO5/c1-19-8-9-21-11-10-20-7-6-13(15(17)18)12-4-2-3-5-14(12)16/h2-5,13H,6-11H2,1H3,(H,17,18). The molecule has 1 aromatic rings. The third-order valence-corrected chi connectivity index (χ3v) is 3.28. The van der Waals surface area contributed by atoms with Crippen LogP contribution in [-0.4, -0.2) is 51.2 Å². The molecule has 5 nitrogen and oxygen atoms in total. The van der Waals surface area contributed by atoms with Crippen molar-refractivity contribution in [1.29, 1.82) is 0 Å². The molecule has 0 saturated carbocycles. The van der Waals surface area contributed by atoms with Crippen molar-refractivity contribution >= 4 is 17.6 Å². The highest BCUT2D eigenvalue weighted by Crippen LogP contribution is 2.27. The molecule has 0 spiro atoms. The number of ether oxygens (including phenoxy) is 3. The van der Waals surface area contributed by atoms with E-state index < -0.39 is 11.9 Å². The minimum atomic E-state index is -0.900. The Balaban J connectivity index is 2.30. The van der Waals surface area contributed by atoms with Gasteiger partial charge in [0, 0.05) is 18.7 Å². The summed E-state index contributed by atoms with van der Waals surface area (Å²) < 4.78 is 15.5. The van der Waals surface area contributed by atoms with Crippen LogP contribution in [0, 0.1) is 0 Å². The van der Waals surface area contributed by atoms with E-state index >= 15 is 0 Å². The Morgan fingerprint density at radius 3 is 2.38 bits per heavy atom. The number of aliphatic carboxylic acids is 1. The van der Waals surface area contributed by atoms with E-state index in [1.807, 2.05) is 0 Å². The summed E-state index contributed by atoms with van der Waals surface area (Å²) >= 11 is 6.04. The van der Waals surface area contributed by atoms with Crippen LogP contribution in [0.1, 0.15) is 17.9 Å². The predicted octanol–water partition coefficient (Wildman–Crippen LogP) is 2.58. The molecule has 0 heterocycles. The first-order chi connectivity index (χ1) is 10.2. The molecule has 0 aliphatic rings. The van der Waals surface area contributed by atoms with Crippen LogP contribution in [0.15, 0.2) is 24.3 Å². The van der Waals surface area contributed by atoms with Crippen LogP contribution in [-0.2, 0) is 19.0 Å². The van der Waals surface area contributed by atoms with Crippen LogP contribution >= 0.6 is 11.6 Å². The van der Waals surface area contributed by atoms with E-state index in [4.69, 9.17) is 25.8 Å². The van der Waals surface area contributed by atoms with Crippen molar-refractivity contribution in [2.45, 2.75) is 12.3 Å². The van der Waals surface area contributed by atoms with Crippen molar-refractivity contribution in [2.24, 2.45) is 0 Å². The molecule has 1 rings (SSSR count). The molecule has 0 aliphatic heterocycles. The average Bonchev–Trinajstić information content (AvgIpc) is 2.46. The molecule has 1 unspecified atom stereocenters. The summed E-state index contributed by atoms with van der Waals surface area (Å²) in [5.41, 5.74) is 0.617. The Morgan fingerprint density at radius 1 is 1.14 bits per heavy atom. The largest absolute Gasteiger partial charge is 0.481 e. The van der Waals surface area contributed by atoms with E-state index in [0.29, 0.717) is 50.0 Å². The molecule has 6 heteroatoms. The molecule has 0 radical (unpaired) electrons. The Morgan fingerprint density at radius 2 is 1.76 bits per heavy atom. The molecule has 0 saturated heterocycles. The fourth-order valence-corrected chi connectivity index (χ4v) is 2.10. The van der Waals surface area contributed by atoms with Gasteiger partial charge in [0.25, 0.3) is 0 Å². The first-order valence-corrected chi connectivity index (χ1v) is 7.16. The molecule has 1 N–H and O–H groups in total. The topological polar surface area (TPSA) is 65.0 Å². The van der Waals surface area contributed by atoms with Crippen LogP contribution in [0.2, 0.25) is 5.02 Å². The molecule has 21 heavy (non-hydrogen) atoms. The lowest BCUT2D eigenvalue weighted by atomic mass is 9.96. The van der Waals surface area contributed by atoms with Gasteiger partial charge < -0.3 is 19.3 Å². The van der Waals surface area contributed by atoms with Crippen molar-refractivity contribution in [3.63, 3.8) is 0 Å². The van der Waals surface area contributed by atoms with Crippen LogP contribution in [0.4, 0.5) is 0 Å². The Hall–Kier alpha value is -1.14. The van der Waals surface area contributed by atoms with Crippen molar-refractivity contribution in [2.75, 3.05) is 40.1 Å². The van der Waals surface area contributed by atoms with E-state index in [0.717, 1.165) is 0 Å². The maximum absolute atomic E-state index is 11.3. The summed E-state index contributed by atoms with van der Waals surface area (Å²) in [6.07, 6.45) is 0.372. The zero-order valence-electron chi connectivity index (χ0n) is 12.1. The number of halogens is 1. The lowest BCUT2D eigenvalue weighted by molar-refractivity contribution is -0.139. The van der Waals surface area contributed by atoms with Gasteiger partial charge in [-0.05, 0) is 18.1 Å². The van der Waals surface area contributed by atoms with Gasteiger partial charge in [0.1, 0.15) is 0 Å². The number of carboxylic acid groups (broad SMARTS) is 1. The number of carbonyl (C=O) groups is 1. The van der Waals surface area contributed by atoms with Gasteiger partial charge in [-0.1, -0.05) is 29.8 Å². The highest BCUT2D eigenvalue weighted by Gasteiger charge is 2.21. The monoisotopic (exact) mass is 316 g/mol. The van der Waals surface area contributed by atoms with Gasteiger partial charge in [-0.3, -0.25) is 4.79 Å². The molecule has 0 fully saturated rings. The molecule has 0 bridgehead atoms. The van der Waals surface area contributed by atoms with Gasteiger partial charge in [-0.25, -0.2) is 0 Å². The maximum atomic E-state index is 11.3. The summed E-state index contributed by atoms with van der Waals surface area (Å²) in [5.74, 6) is -1.56. The minimum absolute atomic E-state index is 0.343. The highest BCUT2D eigenvalue weighted by atomic mass is 35.5. The van der Waals surface area contributed by atoms with Gasteiger partial charge in [0.2, 0.25) is 0 Å². The van der Waals surface area contributed by atoms with Gasteiger partial charge in [0.15, 0.2) is 0 Å². The van der Waals surface area contributed by atoms with E-state index in [2.05, 4.69) is 0 Å². The normalized spacial score (nSPS) is 12.3. The quantitative estimate of drug-likeness (QED) is 0.636. The van der Waals surface area contributed by atoms with Gasteiger partial charge >= 0.3 is 5.97 Å². The van der Waals surface area contributed by atoms with Gasteiger partial charge in [-0.15, -0.1) is 0 Å². The predicted molar refractivity (Wildman–Crippen MR) is 80.0 cm³/mol. The van der Waals surface area contributed by atoms with E-state index in [1.54, 1.807) is 31.4 Å². The number of methoxy groups -OCH3 is 1. The summed E-state index contributed by atoms with van der Waals surface area (Å²) in [6.45, 7) is 2.31. The lowest BCUT2D eigenvalue weighted by Crippen LogP contribution is -2.16. The van der Waals surface area contributed by atoms with Crippen LogP contribution in [0.25, 0.3) is 0 Å². The lowest BCUT2D eigenvalue weighted by Gasteiger charge is -2.14. The molecular weight excluding hydrogens is 296 g/mol. The van der Waals surface area contributed by atoms with Crippen molar-refractivity contribution in [1.82, 2.24) is 0 Å². The number of benzene rings is 1. The fraction of sp³-hybridized carbons (Fsp3) is 0.533. The number of carboxylic acids is 1. The molecule has 1 aromatic carbocycles. The van der Waals surface area contributed by atoms with Crippen LogP contribution < -0.4 is 0 Å². The average molecular weight is 317 g/mol. The first kappa shape index (κ1) is 17.9. The maximum Gasteiger partial charge on any atom is 0.311 e. The second kappa shape index (κ2) is 10.6. The smallest absolute Gasteiger partial charge is 0.311 e. The Bertz CT molecular complexity index is 424. The third kappa shape index (κ3) is 6.91. The van der Waals surface area contributed by atoms with E-state index in [-0.39, 0.29) is 0 Å². The van der Waals surface area contributed by atoms with Gasteiger partial charge in [0.05, 0.1) is 32.3 Å². The molecule has 0 amide bonds. The number of hydrogen-bond donors (Lipinski definition) is 1.